The predicted molar refractivity (Wildman–Crippen MR) is 234 cm³/mol. The third kappa shape index (κ3) is 5.59. The smallest absolute Gasteiger partial charge is 0.164 e. The molecule has 0 atom stereocenters. The molecular formula is C52H33N3O2. The van der Waals surface area contributed by atoms with Gasteiger partial charge in [0.2, 0.25) is 0 Å². The Hall–Kier alpha value is -7.63. The van der Waals surface area contributed by atoms with Gasteiger partial charge in [0.1, 0.15) is 22.3 Å². The van der Waals surface area contributed by atoms with Gasteiger partial charge < -0.3 is 8.83 Å². The molecule has 1 aliphatic carbocycles. The molecule has 0 N–H and O–H groups in total. The highest BCUT2D eigenvalue weighted by atomic mass is 16.3. The van der Waals surface area contributed by atoms with Crippen LogP contribution in [-0.2, 0) is 6.42 Å². The molecular weight excluding hydrogens is 699 g/mol. The molecule has 3 aromatic heterocycles. The van der Waals surface area contributed by atoms with Crippen LogP contribution < -0.4 is 0 Å². The number of benzene rings is 7. The average Bonchev–Trinajstić information content (AvgIpc) is 3.85. The first kappa shape index (κ1) is 32.8. The number of hydrogen-bond donors (Lipinski definition) is 0. The summed E-state index contributed by atoms with van der Waals surface area (Å²) >= 11 is 0. The van der Waals surface area contributed by atoms with Crippen LogP contribution in [-0.4, -0.2) is 15.0 Å². The lowest BCUT2D eigenvalue weighted by atomic mass is 9.94. The second-order valence-electron chi connectivity index (χ2n) is 14.4. The monoisotopic (exact) mass is 731 g/mol. The van der Waals surface area contributed by atoms with Crippen LogP contribution in [0.25, 0.3) is 106 Å². The minimum Gasteiger partial charge on any atom is -0.455 e. The van der Waals surface area contributed by atoms with Crippen molar-refractivity contribution in [1.82, 2.24) is 15.0 Å². The number of aromatic nitrogens is 3. The molecule has 3 heterocycles. The van der Waals surface area contributed by atoms with E-state index in [1.807, 2.05) is 72.8 Å². The van der Waals surface area contributed by atoms with Gasteiger partial charge in [0.25, 0.3) is 0 Å². The largest absolute Gasteiger partial charge is 0.455 e. The Kier molecular flexibility index (Phi) is 7.64. The molecule has 268 valence electrons. The Bertz CT molecular complexity index is 3340. The summed E-state index contributed by atoms with van der Waals surface area (Å²) in [6.07, 6.45) is 13.2. The molecule has 5 nitrogen and oxygen atoms in total. The van der Waals surface area contributed by atoms with Crippen molar-refractivity contribution in [2.75, 3.05) is 0 Å². The molecule has 7 aromatic carbocycles. The maximum Gasteiger partial charge on any atom is 0.164 e. The van der Waals surface area contributed by atoms with Crippen molar-refractivity contribution in [3.05, 3.63) is 193 Å². The van der Waals surface area contributed by atoms with E-state index in [-0.39, 0.29) is 0 Å². The molecule has 1 aliphatic rings. The van der Waals surface area contributed by atoms with E-state index in [2.05, 4.69) is 110 Å². The molecule has 0 saturated heterocycles. The highest BCUT2D eigenvalue weighted by Gasteiger charge is 2.22. The lowest BCUT2D eigenvalue weighted by molar-refractivity contribution is 0.670. The molecule has 0 amide bonds. The van der Waals surface area contributed by atoms with Gasteiger partial charge in [0, 0.05) is 49.2 Å². The summed E-state index contributed by atoms with van der Waals surface area (Å²) in [5.74, 6) is 1.77. The highest BCUT2D eigenvalue weighted by Crippen LogP contribution is 2.44. The fourth-order valence-corrected chi connectivity index (χ4v) is 8.14. The summed E-state index contributed by atoms with van der Waals surface area (Å²) in [4.78, 5) is 15.4. The number of rotatable bonds is 4. The topological polar surface area (TPSA) is 65.0 Å². The van der Waals surface area contributed by atoms with E-state index in [1.165, 1.54) is 5.56 Å². The minimum atomic E-state index is 0.575. The van der Waals surface area contributed by atoms with E-state index in [9.17, 15) is 0 Å². The summed E-state index contributed by atoms with van der Waals surface area (Å²) in [5, 5.41) is 6.27. The third-order valence-corrected chi connectivity index (χ3v) is 10.9. The molecule has 5 heteroatoms. The summed E-state index contributed by atoms with van der Waals surface area (Å²) in [6, 6.07) is 48.0. The predicted octanol–water partition coefficient (Wildman–Crippen LogP) is 13.7. The molecule has 0 radical (unpaired) electrons. The minimum absolute atomic E-state index is 0.575. The summed E-state index contributed by atoms with van der Waals surface area (Å²) in [5.41, 5.74) is 11.4. The van der Waals surface area contributed by atoms with Crippen LogP contribution in [0.2, 0.25) is 0 Å². The fraction of sp³-hybridized carbons (Fsp3) is 0.0192. The molecule has 0 saturated carbocycles. The highest BCUT2D eigenvalue weighted by molar-refractivity contribution is 6.22. The van der Waals surface area contributed by atoms with E-state index < -0.39 is 0 Å². The van der Waals surface area contributed by atoms with Gasteiger partial charge in [-0.25, -0.2) is 15.0 Å². The van der Waals surface area contributed by atoms with Crippen molar-refractivity contribution < 1.29 is 8.83 Å². The zero-order valence-electron chi connectivity index (χ0n) is 30.8. The van der Waals surface area contributed by atoms with Crippen molar-refractivity contribution in [2.24, 2.45) is 0 Å². The van der Waals surface area contributed by atoms with Gasteiger partial charge >= 0.3 is 0 Å². The Labute approximate surface area is 328 Å². The van der Waals surface area contributed by atoms with Gasteiger partial charge in [-0.1, -0.05) is 158 Å². The van der Waals surface area contributed by atoms with Crippen LogP contribution >= 0.6 is 0 Å². The van der Waals surface area contributed by atoms with Gasteiger partial charge in [0.15, 0.2) is 17.5 Å². The van der Waals surface area contributed by atoms with Crippen LogP contribution in [0.5, 0.6) is 0 Å². The molecule has 11 rings (SSSR count). The Morgan fingerprint density at radius 1 is 0.456 bits per heavy atom. The van der Waals surface area contributed by atoms with Crippen molar-refractivity contribution >= 4 is 60.7 Å². The van der Waals surface area contributed by atoms with Crippen LogP contribution in [0.3, 0.4) is 0 Å². The molecule has 0 unspecified atom stereocenters. The van der Waals surface area contributed by atoms with E-state index >= 15 is 0 Å². The van der Waals surface area contributed by atoms with Gasteiger partial charge in [-0.3, -0.25) is 0 Å². The number of furan rings is 2. The lowest BCUT2D eigenvalue weighted by Crippen LogP contribution is -2.01. The quantitative estimate of drug-likeness (QED) is 0.180. The van der Waals surface area contributed by atoms with E-state index in [0.29, 0.717) is 17.5 Å². The Morgan fingerprint density at radius 2 is 1.16 bits per heavy atom. The first-order valence-corrected chi connectivity index (χ1v) is 19.1. The molecule has 0 spiro atoms. The van der Waals surface area contributed by atoms with E-state index in [0.717, 1.165) is 100 Å². The molecule has 10 aromatic rings. The second-order valence-corrected chi connectivity index (χ2v) is 14.4. The van der Waals surface area contributed by atoms with Crippen molar-refractivity contribution in [2.45, 2.75) is 6.42 Å². The zero-order valence-corrected chi connectivity index (χ0v) is 30.8. The zero-order chi connectivity index (χ0) is 37.9. The normalized spacial score (nSPS) is 14.7. The van der Waals surface area contributed by atoms with Crippen molar-refractivity contribution in [3.8, 4) is 45.3 Å². The van der Waals surface area contributed by atoms with E-state index in [1.54, 1.807) is 0 Å². The van der Waals surface area contributed by atoms with E-state index in [4.69, 9.17) is 23.8 Å². The van der Waals surface area contributed by atoms with Crippen LogP contribution in [0.1, 0.15) is 11.1 Å². The van der Waals surface area contributed by atoms with Crippen LogP contribution in [0, 0.1) is 0 Å². The maximum absolute atomic E-state index is 6.85. The summed E-state index contributed by atoms with van der Waals surface area (Å²) < 4.78 is 13.3. The Morgan fingerprint density at radius 3 is 2.05 bits per heavy atom. The first-order valence-electron chi connectivity index (χ1n) is 19.1. The van der Waals surface area contributed by atoms with Crippen LogP contribution in [0.4, 0.5) is 0 Å². The lowest BCUT2D eigenvalue weighted by Gasteiger charge is -2.11. The Balaban J connectivity index is 1.12. The molecule has 57 heavy (non-hydrogen) atoms. The molecule has 0 fully saturated rings. The van der Waals surface area contributed by atoms with Gasteiger partial charge in [-0.15, -0.1) is 0 Å². The number of para-hydroxylation sites is 2. The van der Waals surface area contributed by atoms with Gasteiger partial charge in [0.05, 0.1) is 0 Å². The van der Waals surface area contributed by atoms with Crippen LogP contribution in [0.15, 0.2) is 191 Å². The average molecular weight is 732 g/mol. The number of nitrogens with zero attached hydrogens (tertiary/aromatic N) is 3. The standard InChI is InChI=1S/C52H33N3O2/c1-32-14-4-2-5-15-33-28-29-36(30-35(33)27-26-32)51-53-50(34-16-6-3-7-17-34)54-52(55-51)42-23-13-25-46-47(42)41-22-12-21-40(48(41)57-46)43-31-44-38-19-10-11-24-45(38)56-49(44)39-20-9-8-18-37(39)43/h2-14,16-31H,1,15H2/b5-2-,14-4-,27-26-. The number of hydrogen-bond acceptors (Lipinski definition) is 5. The van der Waals surface area contributed by atoms with Crippen molar-refractivity contribution in [1.29, 1.82) is 0 Å². The van der Waals surface area contributed by atoms with Gasteiger partial charge in [-0.2, -0.15) is 0 Å². The SMILES string of the molecule is C=C1/C=C\C=C/Cc2ccc(-c3nc(-c4ccccc4)nc(-c4cccc5oc6c(-c7cc8c9ccccc9oc8c8ccccc78)cccc6c45)n3)cc2/C=C\1. The third-order valence-electron chi connectivity index (χ3n) is 10.9. The maximum atomic E-state index is 6.85. The molecule has 0 bridgehead atoms. The fourth-order valence-electron chi connectivity index (χ4n) is 8.14. The first-order chi connectivity index (χ1) is 28.2. The van der Waals surface area contributed by atoms with Gasteiger partial charge in [-0.05, 0) is 58.3 Å². The molecule has 0 aliphatic heterocycles. The number of allylic oxidation sites excluding steroid dienone is 6. The second kappa shape index (κ2) is 13.3. The summed E-state index contributed by atoms with van der Waals surface area (Å²) in [6.45, 7) is 4.18. The van der Waals surface area contributed by atoms with Crippen molar-refractivity contribution in [3.63, 3.8) is 0 Å². The number of fused-ring (bicyclic) bond motifs is 9. The summed E-state index contributed by atoms with van der Waals surface area (Å²) in [7, 11) is 0.